The van der Waals surface area contributed by atoms with Crippen molar-refractivity contribution in [1.82, 2.24) is 9.55 Å². The molecule has 31 heavy (non-hydrogen) atoms. The van der Waals surface area contributed by atoms with Gasteiger partial charge in [-0.15, -0.1) is 0 Å². The summed E-state index contributed by atoms with van der Waals surface area (Å²) in [5.74, 6) is -1.54. The van der Waals surface area contributed by atoms with Crippen molar-refractivity contribution in [3.05, 3.63) is 54.1 Å². The number of amides is 1. The maximum Gasteiger partial charge on any atom is 0.321 e. The number of aromatic hydroxyl groups is 1. The van der Waals surface area contributed by atoms with Crippen LogP contribution in [0.4, 0.5) is 5.95 Å². The number of phenols is 1. The SMILES string of the molecule is CCOC(=O)[C@H]1C(=O)N(CCCOC)c2nc3ccccc3n2[C@H]1c1cccc(O)c1. The van der Waals surface area contributed by atoms with E-state index in [0.717, 1.165) is 11.0 Å². The van der Waals surface area contributed by atoms with Crippen LogP contribution in [0.5, 0.6) is 5.75 Å². The minimum Gasteiger partial charge on any atom is -0.508 e. The molecule has 1 N–H and O–H groups in total. The van der Waals surface area contributed by atoms with Crippen LogP contribution in [0.1, 0.15) is 24.9 Å². The van der Waals surface area contributed by atoms with Crippen LogP contribution < -0.4 is 4.90 Å². The van der Waals surface area contributed by atoms with Gasteiger partial charge in [-0.3, -0.25) is 14.5 Å². The Kier molecular flexibility index (Phi) is 5.90. The zero-order valence-corrected chi connectivity index (χ0v) is 17.5. The molecular weight excluding hydrogens is 398 g/mol. The van der Waals surface area contributed by atoms with E-state index < -0.39 is 17.9 Å². The zero-order chi connectivity index (χ0) is 22.0. The van der Waals surface area contributed by atoms with E-state index in [2.05, 4.69) is 0 Å². The Morgan fingerprint density at radius 1 is 1.19 bits per heavy atom. The fourth-order valence-corrected chi connectivity index (χ4v) is 4.14. The second-order valence-electron chi connectivity index (χ2n) is 7.38. The summed E-state index contributed by atoms with van der Waals surface area (Å²) in [5.41, 5.74) is 2.15. The van der Waals surface area contributed by atoms with Crippen molar-refractivity contribution in [3.8, 4) is 5.75 Å². The van der Waals surface area contributed by atoms with Crippen molar-refractivity contribution < 1.29 is 24.2 Å². The molecule has 0 spiro atoms. The van der Waals surface area contributed by atoms with E-state index in [4.69, 9.17) is 14.5 Å². The van der Waals surface area contributed by atoms with E-state index in [9.17, 15) is 14.7 Å². The first-order valence-corrected chi connectivity index (χ1v) is 10.3. The van der Waals surface area contributed by atoms with Gasteiger partial charge < -0.3 is 19.1 Å². The highest BCUT2D eigenvalue weighted by Crippen LogP contribution is 2.41. The van der Waals surface area contributed by atoms with E-state index in [1.807, 2.05) is 28.8 Å². The van der Waals surface area contributed by atoms with Gasteiger partial charge in [-0.2, -0.15) is 0 Å². The number of imidazole rings is 1. The second-order valence-corrected chi connectivity index (χ2v) is 7.38. The summed E-state index contributed by atoms with van der Waals surface area (Å²) < 4.78 is 12.4. The number of phenolic OH excluding ortho intramolecular Hbond substituents is 1. The lowest BCUT2D eigenvalue weighted by Gasteiger charge is -2.38. The maximum absolute atomic E-state index is 13.6. The van der Waals surface area contributed by atoms with E-state index >= 15 is 0 Å². The molecule has 8 nitrogen and oxygen atoms in total. The van der Waals surface area contributed by atoms with Gasteiger partial charge >= 0.3 is 5.97 Å². The molecule has 0 fully saturated rings. The number of methoxy groups -OCH3 is 1. The molecule has 1 aromatic heterocycles. The predicted molar refractivity (Wildman–Crippen MR) is 115 cm³/mol. The number of hydrogen-bond donors (Lipinski definition) is 1. The van der Waals surface area contributed by atoms with Crippen LogP contribution in [0.2, 0.25) is 0 Å². The molecule has 8 heteroatoms. The summed E-state index contributed by atoms with van der Waals surface area (Å²) in [5, 5.41) is 10.1. The van der Waals surface area contributed by atoms with E-state index in [-0.39, 0.29) is 18.3 Å². The minimum atomic E-state index is -1.10. The standard InChI is InChI=1S/C23H25N3O5/c1-3-31-22(29)19-20(15-8-6-9-16(27)14-15)26-18-11-5-4-10-17(18)24-23(26)25(21(19)28)12-7-13-30-2/h4-6,8-11,14,19-20,27H,3,7,12-13H2,1-2H3/t19-,20+/m1/s1. The molecule has 4 rings (SSSR count). The Morgan fingerprint density at radius 3 is 2.74 bits per heavy atom. The number of carbonyl (C=O) groups is 2. The van der Waals surface area contributed by atoms with E-state index in [1.54, 1.807) is 43.2 Å². The van der Waals surface area contributed by atoms with Crippen molar-refractivity contribution in [2.45, 2.75) is 19.4 Å². The highest BCUT2D eigenvalue weighted by molar-refractivity contribution is 6.08. The Morgan fingerprint density at radius 2 is 2.00 bits per heavy atom. The Balaban J connectivity index is 1.94. The van der Waals surface area contributed by atoms with Gasteiger partial charge in [0.1, 0.15) is 5.75 Å². The Labute approximate surface area is 180 Å². The summed E-state index contributed by atoms with van der Waals surface area (Å²) in [4.78, 5) is 32.9. The first kappa shape index (κ1) is 20.9. The van der Waals surface area contributed by atoms with Gasteiger partial charge in [0.05, 0.1) is 23.7 Å². The number of para-hydroxylation sites is 2. The number of hydrogen-bond acceptors (Lipinski definition) is 6. The van der Waals surface area contributed by atoms with Gasteiger partial charge in [-0.1, -0.05) is 24.3 Å². The number of nitrogens with zero attached hydrogens (tertiary/aromatic N) is 3. The van der Waals surface area contributed by atoms with Crippen LogP contribution >= 0.6 is 0 Å². The third kappa shape index (κ3) is 3.74. The topological polar surface area (TPSA) is 93.9 Å². The van der Waals surface area contributed by atoms with Crippen LogP contribution in [0.25, 0.3) is 11.0 Å². The average molecular weight is 423 g/mol. The quantitative estimate of drug-likeness (QED) is 0.357. The number of carbonyl (C=O) groups excluding carboxylic acids is 2. The lowest BCUT2D eigenvalue weighted by Crippen LogP contribution is -2.50. The third-order valence-corrected chi connectivity index (χ3v) is 5.43. The number of anilines is 1. The summed E-state index contributed by atoms with van der Waals surface area (Å²) >= 11 is 0. The second kappa shape index (κ2) is 8.77. The molecule has 0 unspecified atom stereocenters. The highest BCUT2D eigenvalue weighted by Gasteiger charge is 2.47. The maximum atomic E-state index is 13.6. The van der Waals surface area contributed by atoms with Gasteiger partial charge in [-0.05, 0) is 43.2 Å². The summed E-state index contributed by atoms with van der Waals surface area (Å²) in [6, 6.07) is 13.5. The van der Waals surface area contributed by atoms with Crippen molar-refractivity contribution in [1.29, 1.82) is 0 Å². The van der Waals surface area contributed by atoms with Gasteiger partial charge in [0.2, 0.25) is 11.9 Å². The van der Waals surface area contributed by atoms with Gasteiger partial charge in [0.15, 0.2) is 5.92 Å². The largest absolute Gasteiger partial charge is 0.508 e. The molecule has 0 aliphatic carbocycles. The first-order chi connectivity index (χ1) is 15.1. The molecule has 0 bridgehead atoms. The summed E-state index contributed by atoms with van der Waals surface area (Å²) in [6.45, 7) is 2.71. The normalized spacial score (nSPS) is 18.3. The molecule has 0 saturated carbocycles. The number of esters is 1. The molecule has 2 atom stereocenters. The van der Waals surface area contributed by atoms with Crippen LogP contribution in [-0.4, -0.2) is 53.4 Å². The van der Waals surface area contributed by atoms with Gasteiger partial charge in [0, 0.05) is 20.3 Å². The zero-order valence-electron chi connectivity index (χ0n) is 17.5. The summed E-state index contributed by atoms with van der Waals surface area (Å²) in [7, 11) is 1.60. The van der Waals surface area contributed by atoms with Crippen molar-refractivity contribution in [3.63, 3.8) is 0 Å². The molecule has 1 amide bonds. The Hall–Kier alpha value is -3.39. The van der Waals surface area contributed by atoms with Crippen molar-refractivity contribution >= 4 is 28.9 Å². The van der Waals surface area contributed by atoms with Crippen LogP contribution in [0, 0.1) is 5.92 Å². The van der Waals surface area contributed by atoms with E-state index in [1.165, 1.54) is 0 Å². The molecule has 0 saturated heterocycles. The Bertz CT molecular complexity index is 1110. The molecule has 0 radical (unpaired) electrons. The molecule has 2 heterocycles. The monoisotopic (exact) mass is 423 g/mol. The van der Waals surface area contributed by atoms with Gasteiger partial charge in [-0.25, -0.2) is 4.98 Å². The first-order valence-electron chi connectivity index (χ1n) is 10.3. The van der Waals surface area contributed by atoms with Gasteiger partial charge in [0.25, 0.3) is 0 Å². The molecular formula is C23H25N3O5. The van der Waals surface area contributed by atoms with E-state index in [0.29, 0.717) is 31.1 Å². The fraction of sp³-hybridized carbons (Fsp3) is 0.348. The molecule has 3 aromatic rings. The molecule has 1 aliphatic rings. The number of fused-ring (bicyclic) bond motifs is 3. The number of aromatic nitrogens is 2. The number of ether oxygens (including phenoxy) is 2. The minimum absolute atomic E-state index is 0.0565. The third-order valence-electron chi connectivity index (χ3n) is 5.43. The number of benzene rings is 2. The van der Waals surface area contributed by atoms with Crippen LogP contribution in [-0.2, 0) is 19.1 Å². The predicted octanol–water partition coefficient (Wildman–Crippen LogP) is 2.89. The summed E-state index contributed by atoms with van der Waals surface area (Å²) in [6.07, 6.45) is 0.595. The lowest BCUT2D eigenvalue weighted by molar-refractivity contribution is -0.153. The van der Waals surface area contributed by atoms with Crippen LogP contribution in [0.3, 0.4) is 0 Å². The lowest BCUT2D eigenvalue weighted by atomic mass is 9.89. The molecule has 1 aliphatic heterocycles. The average Bonchev–Trinajstić information content (AvgIpc) is 3.14. The number of rotatable bonds is 7. The van der Waals surface area contributed by atoms with Crippen LogP contribution in [0.15, 0.2) is 48.5 Å². The fourth-order valence-electron chi connectivity index (χ4n) is 4.14. The molecule has 2 aromatic carbocycles. The highest BCUT2D eigenvalue weighted by atomic mass is 16.5. The van der Waals surface area contributed by atoms with Crippen molar-refractivity contribution in [2.24, 2.45) is 5.92 Å². The molecule has 162 valence electrons. The van der Waals surface area contributed by atoms with Crippen molar-refractivity contribution in [2.75, 3.05) is 31.8 Å². The smallest absolute Gasteiger partial charge is 0.321 e.